The standard InChI is InChI=1S/C9H13N3O2/c1-3-7-5-4-6-11-8(13)10(2)9(14)12(7)11/h4-5,7H,3,6H2,1-2H3. The number of rotatable bonds is 1. The van der Waals surface area contributed by atoms with Crippen LogP contribution in [0.4, 0.5) is 0 Å². The summed E-state index contributed by atoms with van der Waals surface area (Å²) < 4.78 is 4.16. The second kappa shape index (κ2) is 3.01. The molecule has 0 bridgehead atoms. The van der Waals surface area contributed by atoms with Crippen LogP contribution in [-0.4, -0.2) is 13.9 Å². The molecule has 76 valence electrons. The largest absolute Gasteiger partial charge is 0.347 e. The van der Waals surface area contributed by atoms with E-state index in [1.54, 1.807) is 0 Å². The molecule has 0 amide bonds. The van der Waals surface area contributed by atoms with Gasteiger partial charge in [0.2, 0.25) is 0 Å². The zero-order chi connectivity index (χ0) is 10.3. The van der Waals surface area contributed by atoms with Crippen LogP contribution < -0.4 is 11.4 Å². The lowest BCUT2D eigenvalue weighted by Crippen LogP contribution is -2.31. The average Bonchev–Trinajstić information content (AvgIpc) is 2.44. The summed E-state index contributed by atoms with van der Waals surface area (Å²) >= 11 is 0. The van der Waals surface area contributed by atoms with E-state index in [0.29, 0.717) is 6.54 Å². The summed E-state index contributed by atoms with van der Waals surface area (Å²) in [6, 6.07) is 0.0187. The molecule has 0 saturated heterocycles. The van der Waals surface area contributed by atoms with Gasteiger partial charge in [-0.05, 0) is 6.42 Å². The SMILES string of the molecule is CCC1C=CCn2c(=O)n(C)c(=O)n21. The van der Waals surface area contributed by atoms with E-state index in [4.69, 9.17) is 0 Å². The van der Waals surface area contributed by atoms with E-state index in [1.165, 1.54) is 16.4 Å². The molecule has 1 aromatic rings. The highest BCUT2D eigenvalue weighted by Gasteiger charge is 2.19. The molecule has 1 aromatic heterocycles. The molecular formula is C9H13N3O2. The molecule has 2 rings (SSSR count). The van der Waals surface area contributed by atoms with E-state index in [9.17, 15) is 9.59 Å². The summed E-state index contributed by atoms with van der Waals surface area (Å²) in [7, 11) is 1.51. The Bertz CT molecular complexity index is 489. The summed E-state index contributed by atoms with van der Waals surface area (Å²) in [4.78, 5) is 23.2. The van der Waals surface area contributed by atoms with Crippen LogP contribution in [0.3, 0.4) is 0 Å². The first-order valence-electron chi connectivity index (χ1n) is 4.71. The van der Waals surface area contributed by atoms with Gasteiger partial charge in [-0.25, -0.2) is 23.5 Å². The van der Waals surface area contributed by atoms with Crippen molar-refractivity contribution in [3.05, 3.63) is 33.1 Å². The second-order valence-electron chi connectivity index (χ2n) is 3.45. The first-order chi connectivity index (χ1) is 6.66. The van der Waals surface area contributed by atoms with E-state index in [2.05, 4.69) is 0 Å². The van der Waals surface area contributed by atoms with Crippen LogP contribution in [0.5, 0.6) is 0 Å². The summed E-state index contributed by atoms with van der Waals surface area (Å²) in [6.45, 7) is 2.49. The van der Waals surface area contributed by atoms with Crippen LogP contribution in [0, 0.1) is 0 Å². The van der Waals surface area contributed by atoms with E-state index in [-0.39, 0.29) is 17.4 Å². The highest BCUT2D eigenvalue weighted by atomic mass is 16.2. The van der Waals surface area contributed by atoms with Crippen LogP contribution in [0.2, 0.25) is 0 Å². The maximum absolute atomic E-state index is 11.7. The first kappa shape index (κ1) is 9.05. The van der Waals surface area contributed by atoms with Crippen molar-refractivity contribution < 1.29 is 0 Å². The molecule has 1 atom stereocenters. The van der Waals surface area contributed by atoms with Gasteiger partial charge in [0.25, 0.3) is 0 Å². The third-order valence-electron chi connectivity index (χ3n) is 2.62. The number of nitrogens with zero attached hydrogens (tertiary/aromatic N) is 3. The van der Waals surface area contributed by atoms with E-state index in [1.807, 2.05) is 19.1 Å². The Labute approximate surface area is 80.9 Å². The minimum absolute atomic E-state index is 0.0187. The fraction of sp³-hybridized carbons (Fsp3) is 0.556. The molecule has 0 aromatic carbocycles. The van der Waals surface area contributed by atoms with Crippen LogP contribution in [-0.2, 0) is 13.6 Å². The van der Waals surface area contributed by atoms with Crippen molar-refractivity contribution in [1.29, 1.82) is 0 Å². The fourth-order valence-corrected chi connectivity index (χ4v) is 1.80. The second-order valence-corrected chi connectivity index (χ2v) is 3.45. The molecule has 5 nitrogen and oxygen atoms in total. The molecule has 0 aliphatic carbocycles. The topological polar surface area (TPSA) is 48.9 Å². The number of aromatic nitrogens is 3. The summed E-state index contributed by atoms with van der Waals surface area (Å²) in [5, 5.41) is 0. The zero-order valence-electron chi connectivity index (χ0n) is 8.30. The van der Waals surface area contributed by atoms with Gasteiger partial charge in [-0.1, -0.05) is 19.1 Å². The molecule has 5 heteroatoms. The van der Waals surface area contributed by atoms with Crippen molar-refractivity contribution in [3.8, 4) is 0 Å². The highest BCUT2D eigenvalue weighted by molar-refractivity contribution is 4.97. The van der Waals surface area contributed by atoms with Crippen molar-refractivity contribution in [3.63, 3.8) is 0 Å². The summed E-state index contributed by atoms with van der Waals surface area (Å²) in [5.74, 6) is 0. The predicted octanol–water partition coefficient (Wildman–Crippen LogP) is -0.131. The van der Waals surface area contributed by atoms with Gasteiger partial charge in [-0.3, -0.25) is 0 Å². The van der Waals surface area contributed by atoms with Gasteiger partial charge < -0.3 is 0 Å². The minimum Gasteiger partial charge on any atom is -0.246 e. The molecule has 0 N–H and O–H groups in total. The maximum atomic E-state index is 11.7. The van der Waals surface area contributed by atoms with Crippen molar-refractivity contribution in [1.82, 2.24) is 13.9 Å². The van der Waals surface area contributed by atoms with Gasteiger partial charge in [0, 0.05) is 7.05 Å². The lowest BCUT2D eigenvalue weighted by atomic mass is 10.2. The average molecular weight is 195 g/mol. The molecule has 1 unspecified atom stereocenters. The van der Waals surface area contributed by atoms with Crippen molar-refractivity contribution in [2.45, 2.75) is 25.9 Å². The molecule has 1 aliphatic rings. The number of hydrogen-bond acceptors (Lipinski definition) is 2. The van der Waals surface area contributed by atoms with Gasteiger partial charge >= 0.3 is 11.4 Å². The van der Waals surface area contributed by atoms with Crippen molar-refractivity contribution in [2.75, 3.05) is 0 Å². The molecule has 0 fully saturated rings. The first-order valence-corrected chi connectivity index (χ1v) is 4.71. The quantitative estimate of drug-likeness (QED) is 0.586. The molecule has 0 spiro atoms. The van der Waals surface area contributed by atoms with E-state index in [0.717, 1.165) is 11.0 Å². The van der Waals surface area contributed by atoms with Gasteiger partial charge in [0.1, 0.15) is 0 Å². The van der Waals surface area contributed by atoms with E-state index >= 15 is 0 Å². The molecular weight excluding hydrogens is 182 g/mol. The third-order valence-corrected chi connectivity index (χ3v) is 2.62. The van der Waals surface area contributed by atoms with E-state index < -0.39 is 0 Å². The Morgan fingerprint density at radius 3 is 2.79 bits per heavy atom. The lowest BCUT2D eigenvalue weighted by Gasteiger charge is -2.18. The van der Waals surface area contributed by atoms with Crippen molar-refractivity contribution >= 4 is 0 Å². The van der Waals surface area contributed by atoms with Crippen molar-refractivity contribution in [2.24, 2.45) is 7.05 Å². The summed E-state index contributed by atoms with van der Waals surface area (Å²) in [6.07, 6.45) is 4.72. The zero-order valence-corrected chi connectivity index (χ0v) is 8.30. The minimum atomic E-state index is -0.238. The Kier molecular flexibility index (Phi) is 1.94. The number of allylic oxidation sites excluding steroid dienone is 2. The van der Waals surface area contributed by atoms with Gasteiger partial charge in [-0.15, -0.1) is 0 Å². The molecule has 2 heterocycles. The molecule has 0 saturated carbocycles. The monoisotopic (exact) mass is 195 g/mol. The van der Waals surface area contributed by atoms with Crippen LogP contribution in [0.15, 0.2) is 21.7 Å². The third kappa shape index (κ3) is 1.01. The Morgan fingerprint density at radius 2 is 2.14 bits per heavy atom. The van der Waals surface area contributed by atoms with Crippen LogP contribution in [0.1, 0.15) is 19.4 Å². The highest BCUT2D eigenvalue weighted by Crippen LogP contribution is 2.12. The van der Waals surface area contributed by atoms with Gasteiger partial charge in [0.05, 0.1) is 12.6 Å². The summed E-state index contributed by atoms with van der Waals surface area (Å²) in [5.41, 5.74) is -0.469. The fourth-order valence-electron chi connectivity index (χ4n) is 1.80. The van der Waals surface area contributed by atoms with Crippen LogP contribution in [0.25, 0.3) is 0 Å². The maximum Gasteiger partial charge on any atom is 0.347 e. The smallest absolute Gasteiger partial charge is 0.246 e. The Balaban J connectivity index is 2.74. The Morgan fingerprint density at radius 1 is 1.43 bits per heavy atom. The number of hydrogen-bond donors (Lipinski definition) is 0. The number of fused-ring (bicyclic) bond motifs is 1. The molecule has 1 aliphatic heterocycles. The van der Waals surface area contributed by atoms with Crippen LogP contribution >= 0.6 is 0 Å². The lowest BCUT2D eigenvalue weighted by molar-refractivity contribution is 0.393. The molecule has 14 heavy (non-hydrogen) atoms. The predicted molar refractivity (Wildman–Crippen MR) is 52.4 cm³/mol. The van der Waals surface area contributed by atoms with Gasteiger partial charge in [0.15, 0.2) is 0 Å². The normalized spacial score (nSPS) is 19.7. The van der Waals surface area contributed by atoms with Gasteiger partial charge in [-0.2, -0.15) is 0 Å². The molecule has 0 radical (unpaired) electrons. The Hall–Kier alpha value is -1.52.